The Morgan fingerprint density at radius 1 is 0.929 bits per heavy atom. The van der Waals surface area contributed by atoms with Gasteiger partial charge in [0.15, 0.2) is 11.8 Å². The largest absolute Gasteiger partial charge is 0.461 e. The van der Waals surface area contributed by atoms with Crippen LogP contribution in [0.25, 0.3) is 0 Å². The van der Waals surface area contributed by atoms with Crippen LogP contribution < -0.4 is 9.80 Å². The van der Waals surface area contributed by atoms with Gasteiger partial charge in [-0.25, -0.2) is 0 Å². The van der Waals surface area contributed by atoms with Gasteiger partial charge >= 0.3 is 0 Å². The van der Waals surface area contributed by atoms with E-state index in [9.17, 15) is 4.79 Å². The van der Waals surface area contributed by atoms with E-state index < -0.39 is 0 Å². The molecule has 7 heteroatoms. The smallest absolute Gasteiger partial charge is 0.261 e. The van der Waals surface area contributed by atoms with E-state index in [4.69, 9.17) is 25.5 Å². The normalized spacial score (nSPS) is 21.3. The fourth-order valence-electron chi connectivity index (χ4n) is 4.40. The zero-order valence-corrected chi connectivity index (χ0v) is 16.6. The molecule has 1 aromatic heterocycles. The van der Waals surface area contributed by atoms with Crippen LogP contribution in [0.5, 0.6) is 0 Å². The van der Waals surface area contributed by atoms with Gasteiger partial charge in [-0.15, -0.1) is 0 Å². The van der Waals surface area contributed by atoms with Crippen LogP contribution in [0.3, 0.4) is 0 Å². The number of carbonyl (C=O) groups excluding carboxylic acids is 1. The van der Waals surface area contributed by atoms with Crippen LogP contribution >= 0.6 is 11.6 Å². The molecule has 0 radical (unpaired) electrons. The predicted octanol–water partition coefficient (Wildman–Crippen LogP) is 0.0558. The highest BCUT2D eigenvalue weighted by Crippen LogP contribution is 2.21. The molecule has 3 heterocycles. The first-order chi connectivity index (χ1) is 13.7. The summed E-state index contributed by atoms with van der Waals surface area (Å²) in [5, 5.41) is 0.691. The predicted molar refractivity (Wildman–Crippen MR) is 104 cm³/mol. The van der Waals surface area contributed by atoms with E-state index in [0.29, 0.717) is 37.2 Å². The molecule has 1 aromatic carbocycles. The number of ether oxygens (including phenoxy) is 2. The maximum atomic E-state index is 13.6. The molecule has 2 N–H and O–H groups in total. The van der Waals surface area contributed by atoms with Gasteiger partial charge in [0.25, 0.3) is 5.78 Å². The van der Waals surface area contributed by atoms with Gasteiger partial charge in [0.05, 0.1) is 32.7 Å². The second-order valence-corrected chi connectivity index (χ2v) is 7.83. The van der Waals surface area contributed by atoms with Crippen molar-refractivity contribution in [3.8, 4) is 0 Å². The highest BCUT2D eigenvalue weighted by molar-refractivity contribution is 6.30. The van der Waals surface area contributed by atoms with Gasteiger partial charge in [-0.3, -0.25) is 4.79 Å². The fourth-order valence-corrected chi connectivity index (χ4v) is 4.60. The van der Waals surface area contributed by atoms with Gasteiger partial charge < -0.3 is 23.7 Å². The summed E-state index contributed by atoms with van der Waals surface area (Å²) in [5.41, 5.74) is 1.09. The molecule has 2 aliphatic rings. The van der Waals surface area contributed by atoms with Gasteiger partial charge in [-0.1, -0.05) is 23.7 Å². The molecule has 0 aliphatic carbocycles. The number of carbonyl (C=O) groups is 1. The fraction of sp³-hybridized carbons (Fsp3) is 0.476. The summed E-state index contributed by atoms with van der Waals surface area (Å²) in [5.74, 6) is 0.467. The molecule has 2 aliphatic heterocycles. The van der Waals surface area contributed by atoms with Crippen molar-refractivity contribution in [2.24, 2.45) is 0 Å². The van der Waals surface area contributed by atoms with Gasteiger partial charge in [0.1, 0.15) is 26.2 Å². The van der Waals surface area contributed by atoms with E-state index in [-0.39, 0.29) is 17.9 Å². The van der Waals surface area contributed by atoms with Gasteiger partial charge in [0, 0.05) is 10.6 Å². The molecule has 6 nitrogen and oxygen atoms in total. The van der Waals surface area contributed by atoms with Crippen molar-refractivity contribution < 1.29 is 28.5 Å². The second-order valence-electron chi connectivity index (χ2n) is 7.39. The quantitative estimate of drug-likeness (QED) is 0.666. The first-order valence-corrected chi connectivity index (χ1v) is 10.3. The van der Waals surface area contributed by atoms with E-state index in [2.05, 4.69) is 6.07 Å². The number of ketones is 1. The summed E-state index contributed by atoms with van der Waals surface area (Å²) in [6.07, 6.45) is 1.56. The molecule has 2 saturated heterocycles. The maximum Gasteiger partial charge on any atom is 0.261 e. The van der Waals surface area contributed by atoms with Crippen molar-refractivity contribution in [2.75, 3.05) is 52.6 Å². The third-order valence-electron chi connectivity index (χ3n) is 5.74. The number of morpholine rings is 2. The van der Waals surface area contributed by atoms with Crippen molar-refractivity contribution in [3.05, 3.63) is 59.0 Å². The molecular weight excluding hydrogens is 380 g/mol. The molecule has 150 valence electrons. The average molecular weight is 407 g/mol. The van der Waals surface area contributed by atoms with Crippen LogP contribution in [0.2, 0.25) is 5.02 Å². The van der Waals surface area contributed by atoms with Crippen molar-refractivity contribution in [3.63, 3.8) is 0 Å². The van der Waals surface area contributed by atoms with Gasteiger partial charge in [-0.05, 0) is 24.3 Å². The number of Topliss-reactive ketones (excluding diaryl/α,β-unsaturated/α-hetero) is 1. The Morgan fingerprint density at radius 2 is 1.61 bits per heavy atom. The third kappa shape index (κ3) is 4.31. The molecule has 28 heavy (non-hydrogen) atoms. The summed E-state index contributed by atoms with van der Waals surface area (Å²) in [6, 6.07) is 11.2. The summed E-state index contributed by atoms with van der Waals surface area (Å²) >= 11 is 6.33. The van der Waals surface area contributed by atoms with Crippen LogP contribution in [0, 0.1) is 0 Å². The minimum absolute atomic E-state index is 0.0201. The maximum absolute atomic E-state index is 13.6. The Kier molecular flexibility index (Phi) is 6.44. The monoisotopic (exact) mass is 406 g/mol. The average Bonchev–Trinajstić information content (AvgIpc) is 3.28. The van der Waals surface area contributed by atoms with Crippen molar-refractivity contribution in [1.82, 2.24) is 0 Å². The van der Waals surface area contributed by atoms with E-state index in [1.165, 1.54) is 9.80 Å². The van der Waals surface area contributed by atoms with E-state index in [1.54, 1.807) is 18.4 Å². The number of furan rings is 1. The molecule has 4 rings (SSSR count). The number of hydrogen-bond acceptors (Lipinski definition) is 4. The first kappa shape index (κ1) is 19.6. The Bertz CT molecular complexity index is 770. The molecular formula is C21H27ClN2O4+2. The summed E-state index contributed by atoms with van der Waals surface area (Å²) in [4.78, 5) is 16.2. The topological polar surface area (TPSA) is 57.5 Å². The molecule has 2 fully saturated rings. The molecule has 0 saturated carbocycles. The number of hydrogen-bond donors (Lipinski definition) is 2. The standard InChI is InChI=1S/C21H25ClN2O4/c22-17-4-1-3-16(15-17)19(23-6-11-26-12-7-23)20(24-8-13-27-14-9-24)21(25)18-5-2-10-28-18/h1-5,10,15,19-20H,6-9,11-14H2/p+2/t19-,20-/m1/s1. The number of benzene rings is 1. The lowest BCUT2D eigenvalue weighted by atomic mass is 9.91. The van der Waals surface area contributed by atoms with E-state index in [1.807, 2.05) is 18.2 Å². The minimum atomic E-state index is -0.262. The minimum Gasteiger partial charge on any atom is -0.461 e. The summed E-state index contributed by atoms with van der Waals surface area (Å²) in [7, 11) is 0. The number of nitrogens with one attached hydrogen (secondary N) is 2. The Morgan fingerprint density at radius 3 is 2.21 bits per heavy atom. The molecule has 2 aromatic rings. The van der Waals surface area contributed by atoms with Gasteiger partial charge in [-0.2, -0.15) is 0 Å². The Hall–Kier alpha value is -1.70. The van der Waals surface area contributed by atoms with Crippen molar-refractivity contribution >= 4 is 17.4 Å². The number of quaternary nitrogens is 2. The zero-order chi connectivity index (χ0) is 19.3. The molecule has 0 amide bonds. The lowest BCUT2D eigenvalue weighted by molar-refractivity contribution is -0.999. The summed E-state index contributed by atoms with van der Waals surface area (Å²) < 4.78 is 16.7. The third-order valence-corrected chi connectivity index (χ3v) is 5.97. The Labute approximate surface area is 169 Å². The molecule has 0 bridgehead atoms. The number of halogens is 1. The van der Waals surface area contributed by atoms with Crippen molar-refractivity contribution in [2.45, 2.75) is 12.1 Å². The molecule has 0 unspecified atom stereocenters. The highest BCUT2D eigenvalue weighted by Gasteiger charge is 2.46. The highest BCUT2D eigenvalue weighted by atomic mass is 35.5. The van der Waals surface area contributed by atoms with Crippen LogP contribution in [0.1, 0.15) is 22.2 Å². The SMILES string of the molecule is O=C(c1ccco1)[C@@H]([C@@H](c1cccc(Cl)c1)[NH+]1CCOCC1)[NH+]1CCOCC1. The van der Waals surface area contributed by atoms with E-state index >= 15 is 0 Å². The molecule has 0 spiro atoms. The first-order valence-electron chi connectivity index (χ1n) is 9.92. The lowest BCUT2D eigenvalue weighted by Gasteiger charge is -2.39. The zero-order valence-electron chi connectivity index (χ0n) is 15.9. The Balaban J connectivity index is 1.76. The number of rotatable bonds is 6. The van der Waals surface area contributed by atoms with Crippen LogP contribution in [-0.4, -0.2) is 64.4 Å². The van der Waals surface area contributed by atoms with Gasteiger partial charge in [0.2, 0.25) is 6.04 Å². The lowest BCUT2D eigenvalue weighted by Crippen LogP contribution is -3.25. The van der Waals surface area contributed by atoms with E-state index in [0.717, 1.165) is 31.7 Å². The van der Waals surface area contributed by atoms with Crippen LogP contribution in [-0.2, 0) is 9.47 Å². The molecule has 2 atom stereocenters. The van der Waals surface area contributed by atoms with Crippen LogP contribution in [0.4, 0.5) is 0 Å². The summed E-state index contributed by atoms with van der Waals surface area (Å²) in [6.45, 7) is 6.07. The van der Waals surface area contributed by atoms with Crippen molar-refractivity contribution in [1.29, 1.82) is 0 Å². The van der Waals surface area contributed by atoms with Crippen LogP contribution in [0.15, 0.2) is 47.1 Å². The second kappa shape index (κ2) is 9.20.